The molecule has 5 nitrogen and oxygen atoms in total. The molecule has 0 aliphatic carbocycles. The smallest absolute Gasteiger partial charge is 0.249 e. The summed E-state index contributed by atoms with van der Waals surface area (Å²) in [6.07, 6.45) is 1.68. The fourth-order valence-electron chi connectivity index (χ4n) is 1.84. The highest BCUT2D eigenvalue weighted by Crippen LogP contribution is 2.37. The number of carbonyl (C=O) groups is 1. The van der Waals surface area contributed by atoms with Crippen molar-refractivity contribution in [2.45, 2.75) is 30.4 Å². The summed E-state index contributed by atoms with van der Waals surface area (Å²) in [5.74, 6) is -0.672. The van der Waals surface area contributed by atoms with Crippen LogP contribution in [0.25, 0.3) is 10.9 Å². The van der Waals surface area contributed by atoms with Crippen LogP contribution < -0.4 is 4.72 Å². The highest BCUT2D eigenvalue weighted by molar-refractivity contribution is 9.10. The quantitative estimate of drug-likeness (QED) is 0.756. The second kappa shape index (κ2) is 6.78. The summed E-state index contributed by atoms with van der Waals surface area (Å²) in [6.45, 7) is 4.88. The monoisotopic (exact) mass is 416 g/mol. The largest absolute Gasteiger partial charge is 0.272 e. The molecule has 0 aliphatic rings. The molecule has 124 valence electrons. The fraction of sp³-hybridized carbons (Fsp3) is 0.333. The lowest BCUT2D eigenvalue weighted by molar-refractivity contribution is -0.120. The van der Waals surface area contributed by atoms with Crippen LogP contribution >= 0.6 is 27.7 Å². The predicted molar refractivity (Wildman–Crippen MR) is 97.0 cm³/mol. The van der Waals surface area contributed by atoms with Crippen molar-refractivity contribution in [2.24, 2.45) is 0 Å². The normalized spacial score (nSPS) is 12.3. The number of benzene rings is 1. The van der Waals surface area contributed by atoms with E-state index in [1.165, 1.54) is 18.7 Å². The zero-order valence-electron chi connectivity index (χ0n) is 13.0. The minimum Gasteiger partial charge on any atom is -0.272 e. The zero-order valence-corrected chi connectivity index (χ0v) is 16.2. The Morgan fingerprint density at radius 2 is 2.04 bits per heavy atom. The highest BCUT2D eigenvalue weighted by Gasteiger charge is 2.32. The van der Waals surface area contributed by atoms with Crippen molar-refractivity contribution >= 4 is 54.5 Å². The van der Waals surface area contributed by atoms with Crippen molar-refractivity contribution < 1.29 is 13.2 Å². The third-order valence-electron chi connectivity index (χ3n) is 3.20. The maximum atomic E-state index is 12.3. The molecule has 0 atom stereocenters. The van der Waals surface area contributed by atoms with Crippen molar-refractivity contribution in [3.05, 3.63) is 34.9 Å². The lowest BCUT2D eigenvalue weighted by atomic mass is 10.2. The van der Waals surface area contributed by atoms with Gasteiger partial charge in [0.25, 0.3) is 0 Å². The summed E-state index contributed by atoms with van der Waals surface area (Å²) < 4.78 is 25.3. The van der Waals surface area contributed by atoms with E-state index in [1.807, 2.05) is 24.3 Å². The molecule has 0 unspecified atom stereocenters. The van der Waals surface area contributed by atoms with E-state index in [2.05, 4.69) is 25.6 Å². The number of hydrogen-bond acceptors (Lipinski definition) is 5. The third kappa shape index (κ3) is 4.45. The molecule has 1 aromatic heterocycles. The van der Waals surface area contributed by atoms with Gasteiger partial charge in [-0.05, 0) is 45.0 Å². The first-order chi connectivity index (χ1) is 10.6. The number of amides is 1. The van der Waals surface area contributed by atoms with Gasteiger partial charge in [-0.2, -0.15) is 0 Å². The number of carbonyl (C=O) groups excluding carboxylic acids is 1. The van der Waals surface area contributed by atoms with E-state index in [9.17, 15) is 13.2 Å². The number of fused-ring (bicyclic) bond motifs is 1. The Balaban J connectivity index is 2.34. The number of nitrogens with one attached hydrogen (secondary N) is 1. The van der Waals surface area contributed by atoms with Gasteiger partial charge >= 0.3 is 0 Å². The summed E-state index contributed by atoms with van der Waals surface area (Å²) in [4.78, 5) is 17.5. The van der Waals surface area contributed by atoms with Crippen LogP contribution in [0.5, 0.6) is 0 Å². The lowest BCUT2D eigenvalue weighted by Gasteiger charge is -2.23. The first kappa shape index (κ1) is 18.2. The molecule has 0 saturated heterocycles. The van der Waals surface area contributed by atoms with E-state index in [-0.39, 0.29) is 5.75 Å². The molecule has 1 N–H and O–H groups in total. The number of nitrogens with zero attached hydrogens (tertiary/aromatic N) is 1. The third-order valence-corrected chi connectivity index (χ3v) is 6.23. The molecule has 0 radical (unpaired) electrons. The second-order valence-corrected chi connectivity index (χ2v) is 10.0. The summed E-state index contributed by atoms with van der Waals surface area (Å²) in [5.41, 5.74) is 0.815. The molecular weight excluding hydrogens is 400 g/mol. The minimum absolute atomic E-state index is 0.134. The Kier molecular flexibility index (Phi) is 5.37. The van der Waals surface area contributed by atoms with Gasteiger partial charge in [0.15, 0.2) is 0 Å². The number of thioether (sulfide) groups is 1. The maximum Gasteiger partial charge on any atom is 0.249 e. The average molecular weight is 417 g/mol. The number of pyridine rings is 1. The van der Waals surface area contributed by atoms with Crippen molar-refractivity contribution in [1.29, 1.82) is 0 Å². The SMILES string of the molecule is CCS(=O)(=O)NC(=O)C(C)(C)Sc1ccnc2ccc(Br)cc12. The maximum absolute atomic E-state index is 12.3. The summed E-state index contributed by atoms with van der Waals surface area (Å²) >= 11 is 4.73. The van der Waals surface area contributed by atoms with Crippen LogP contribution in [0.4, 0.5) is 0 Å². The van der Waals surface area contributed by atoms with Gasteiger partial charge in [0.2, 0.25) is 15.9 Å². The van der Waals surface area contributed by atoms with E-state index in [0.717, 1.165) is 20.3 Å². The Bertz CT molecular complexity index is 851. The molecule has 2 rings (SSSR count). The van der Waals surface area contributed by atoms with Crippen LogP contribution in [0.2, 0.25) is 0 Å². The van der Waals surface area contributed by atoms with Gasteiger partial charge in [-0.25, -0.2) is 8.42 Å². The van der Waals surface area contributed by atoms with Gasteiger partial charge in [-0.3, -0.25) is 14.5 Å². The minimum atomic E-state index is -3.58. The first-order valence-corrected chi connectivity index (χ1v) is 10.2. The standard InChI is InChI=1S/C15H17BrN2O3S2/c1-4-23(20,21)18-14(19)15(2,3)22-13-7-8-17-12-6-5-10(16)9-11(12)13/h5-9H,4H2,1-3H3,(H,18,19). The second-order valence-electron chi connectivity index (χ2n) is 5.42. The van der Waals surface area contributed by atoms with Gasteiger partial charge in [0, 0.05) is 21.0 Å². The zero-order chi connectivity index (χ0) is 17.3. The molecule has 8 heteroatoms. The molecule has 0 bridgehead atoms. The Hall–Kier alpha value is -1.12. The number of halogens is 1. The highest BCUT2D eigenvalue weighted by atomic mass is 79.9. The Labute approximate surface area is 148 Å². The van der Waals surface area contributed by atoms with E-state index < -0.39 is 20.7 Å². The van der Waals surface area contributed by atoms with Crippen LogP contribution in [0.1, 0.15) is 20.8 Å². The van der Waals surface area contributed by atoms with Crippen LogP contribution in [-0.4, -0.2) is 29.8 Å². The predicted octanol–water partition coefficient (Wildman–Crippen LogP) is 3.33. The van der Waals surface area contributed by atoms with E-state index in [0.29, 0.717) is 0 Å². The molecular formula is C15H17BrN2O3S2. The number of aromatic nitrogens is 1. The van der Waals surface area contributed by atoms with E-state index >= 15 is 0 Å². The van der Waals surface area contributed by atoms with Gasteiger partial charge in [0.1, 0.15) is 0 Å². The van der Waals surface area contributed by atoms with Gasteiger partial charge in [-0.15, -0.1) is 11.8 Å². The van der Waals surface area contributed by atoms with E-state index in [1.54, 1.807) is 20.0 Å². The molecule has 1 amide bonds. The van der Waals surface area contributed by atoms with Crippen LogP contribution in [0.15, 0.2) is 39.8 Å². The summed E-state index contributed by atoms with van der Waals surface area (Å²) in [6, 6.07) is 7.54. The van der Waals surface area contributed by atoms with Crippen molar-refractivity contribution in [3.63, 3.8) is 0 Å². The van der Waals surface area contributed by atoms with Gasteiger partial charge in [0.05, 0.1) is 16.0 Å². The van der Waals surface area contributed by atoms with Crippen molar-refractivity contribution in [3.8, 4) is 0 Å². The number of rotatable bonds is 5. The van der Waals surface area contributed by atoms with Crippen LogP contribution in [-0.2, 0) is 14.8 Å². The molecule has 0 spiro atoms. The Morgan fingerprint density at radius 1 is 1.35 bits per heavy atom. The fourth-order valence-corrected chi connectivity index (χ4v) is 4.04. The van der Waals surface area contributed by atoms with Gasteiger partial charge < -0.3 is 0 Å². The first-order valence-electron chi connectivity index (χ1n) is 6.93. The average Bonchev–Trinajstić information content (AvgIpc) is 2.47. The molecule has 1 heterocycles. The molecule has 0 saturated carbocycles. The molecule has 2 aromatic rings. The number of hydrogen-bond donors (Lipinski definition) is 1. The molecule has 23 heavy (non-hydrogen) atoms. The van der Waals surface area contributed by atoms with Crippen LogP contribution in [0, 0.1) is 0 Å². The summed E-state index contributed by atoms with van der Waals surface area (Å²) in [7, 11) is -3.58. The lowest BCUT2D eigenvalue weighted by Crippen LogP contribution is -2.43. The summed E-state index contributed by atoms with van der Waals surface area (Å²) in [5, 5.41) is 0.908. The molecule has 0 aliphatic heterocycles. The molecule has 0 fully saturated rings. The van der Waals surface area contributed by atoms with Gasteiger partial charge in [-0.1, -0.05) is 15.9 Å². The molecule has 1 aromatic carbocycles. The van der Waals surface area contributed by atoms with Crippen molar-refractivity contribution in [1.82, 2.24) is 9.71 Å². The van der Waals surface area contributed by atoms with Crippen LogP contribution in [0.3, 0.4) is 0 Å². The number of sulfonamides is 1. The topological polar surface area (TPSA) is 76.1 Å². The Morgan fingerprint density at radius 3 is 2.70 bits per heavy atom. The van der Waals surface area contributed by atoms with E-state index in [4.69, 9.17) is 0 Å². The van der Waals surface area contributed by atoms with Crippen molar-refractivity contribution in [2.75, 3.05) is 5.75 Å².